The molecule has 0 spiro atoms. The lowest BCUT2D eigenvalue weighted by atomic mass is 10.0. The Balaban J connectivity index is 1.79. The van der Waals surface area contributed by atoms with Crippen LogP contribution in [0.3, 0.4) is 0 Å². The van der Waals surface area contributed by atoms with E-state index in [-0.39, 0.29) is 12.5 Å². The minimum absolute atomic E-state index is 0.0583. The number of nitrogens with one attached hydrogen (secondary N) is 2. The number of hydrogen-bond acceptors (Lipinski definition) is 3. The van der Waals surface area contributed by atoms with Gasteiger partial charge in [-0.25, -0.2) is 0 Å². The second-order valence-corrected chi connectivity index (χ2v) is 6.81. The Morgan fingerprint density at radius 3 is 2.36 bits per heavy atom. The zero-order chi connectivity index (χ0) is 16.0. The fraction of sp³-hybridized carbons (Fsp3) is 0.611. The molecule has 3 N–H and O–H groups in total. The van der Waals surface area contributed by atoms with Gasteiger partial charge in [0.05, 0.1) is 12.1 Å². The van der Waals surface area contributed by atoms with Gasteiger partial charge in [0.2, 0.25) is 5.91 Å². The monoisotopic (exact) mass is 304 g/mol. The Labute approximate surface area is 133 Å². The average molecular weight is 304 g/mol. The van der Waals surface area contributed by atoms with E-state index in [1.54, 1.807) is 0 Å². The van der Waals surface area contributed by atoms with Gasteiger partial charge in [-0.05, 0) is 43.7 Å². The molecule has 1 aromatic rings. The fourth-order valence-electron chi connectivity index (χ4n) is 2.84. The summed E-state index contributed by atoms with van der Waals surface area (Å²) < 4.78 is 0. The average Bonchev–Trinajstić information content (AvgIpc) is 3.04. The number of amides is 1. The van der Waals surface area contributed by atoms with Gasteiger partial charge >= 0.3 is 0 Å². The summed E-state index contributed by atoms with van der Waals surface area (Å²) in [6, 6.07) is 7.77. The lowest BCUT2D eigenvalue weighted by Gasteiger charge is -2.26. The van der Waals surface area contributed by atoms with Gasteiger partial charge in [0.1, 0.15) is 0 Å². The summed E-state index contributed by atoms with van der Waals surface area (Å²) in [7, 11) is 0. The van der Waals surface area contributed by atoms with Gasteiger partial charge < -0.3 is 10.4 Å². The molecule has 22 heavy (non-hydrogen) atoms. The van der Waals surface area contributed by atoms with E-state index in [0.717, 1.165) is 17.7 Å². The molecule has 0 radical (unpaired) electrons. The number of benzene rings is 1. The zero-order valence-corrected chi connectivity index (χ0v) is 13.7. The first-order valence-corrected chi connectivity index (χ1v) is 8.23. The van der Waals surface area contributed by atoms with Crippen molar-refractivity contribution in [3.05, 3.63) is 35.4 Å². The van der Waals surface area contributed by atoms with Gasteiger partial charge in [-0.1, -0.05) is 37.1 Å². The molecule has 0 bridgehead atoms. The molecule has 0 saturated heterocycles. The van der Waals surface area contributed by atoms with Crippen molar-refractivity contribution in [1.29, 1.82) is 0 Å². The van der Waals surface area contributed by atoms with Crippen molar-refractivity contribution in [2.45, 2.75) is 58.2 Å². The maximum Gasteiger partial charge on any atom is 0.239 e. The lowest BCUT2D eigenvalue weighted by Crippen LogP contribution is -2.53. The number of carbonyl (C=O) groups is 1. The van der Waals surface area contributed by atoms with Crippen molar-refractivity contribution in [1.82, 2.24) is 10.6 Å². The first kappa shape index (κ1) is 17.0. The van der Waals surface area contributed by atoms with Crippen LogP contribution in [0.5, 0.6) is 0 Å². The Kier molecular flexibility index (Phi) is 5.98. The van der Waals surface area contributed by atoms with Crippen molar-refractivity contribution in [3.63, 3.8) is 0 Å². The first-order chi connectivity index (χ1) is 10.5. The van der Waals surface area contributed by atoms with E-state index in [4.69, 9.17) is 5.11 Å². The molecular formula is C18H28N2O2. The second kappa shape index (κ2) is 7.75. The van der Waals surface area contributed by atoms with Crippen LogP contribution in [0.25, 0.3) is 0 Å². The van der Waals surface area contributed by atoms with Crippen LogP contribution in [0.15, 0.2) is 24.3 Å². The van der Waals surface area contributed by atoms with Crippen LogP contribution in [0.1, 0.15) is 50.7 Å². The maximum atomic E-state index is 12.3. The van der Waals surface area contributed by atoms with E-state index in [9.17, 15) is 4.79 Å². The standard InChI is InChI=1S/C18H28N2O2/c1-18(2,17(22)19-11-14-5-3-4-6-14)20-12-15-7-9-16(13-21)10-8-15/h7-10,14,20-21H,3-6,11-13H2,1-2H3,(H,19,22). The maximum absolute atomic E-state index is 12.3. The number of aliphatic hydroxyl groups excluding tert-OH is 1. The SMILES string of the molecule is CC(C)(NCc1ccc(CO)cc1)C(=O)NCC1CCCC1. The van der Waals surface area contributed by atoms with Crippen LogP contribution >= 0.6 is 0 Å². The molecular weight excluding hydrogens is 276 g/mol. The molecule has 122 valence electrons. The molecule has 1 saturated carbocycles. The fourth-order valence-corrected chi connectivity index (χ4v) is 2.84. The summed E-state index contributed by atoms with van der Waals surface area (Å²) in [5.74, 6) is 0.720. The molecule has 0 atom stereocenters. The molecule has 4 nitrogen and oxygen atoms in total. The van der Waals surface area contributed by atoms with Gasteiger partial charge in [0, 0.05) is 13.1 Å². The van der Waals surface area contributed by atoms with Crippen molar-refractivity contribution in [2.75, 3.05) is 6.54 Å². The molecule has 1 fully saturated rings. The summed E-state index contributed by atoms with van der Waals surface area (Å²) in [6.45, 7) is 5.33. The molecule has 1 aliphatic rings. The van der Waals surface area contributed by atoms with Gasteiger partial charge in [0.15, 0.2) is 0 Å². The Morgan fingerprint density at radius 1 is 1.18 bits per heavy atom. The molecule has 1 aromatic carbocycles. The third-order valence-electron chi connectivity index (χ3n) is 4.53. The lowest BCUT2D eigenvalue weighted by molar-refractivity contribution is -0.126. The molecule has 0 heterocycles. The van der Waals surface area contributed by atoms with E-state index in [1.807, 2.05) is 38.1 Å². The minimum atomic E-state index is -0.589. The van der Waals surface area contributed by atoms with Crippen LogP contribution in [0.4, 0.5) is 0 Å². The summed E-state index contributed by atoms with van der Waals surface area (Å²) in [4.78, 5) is 12.3. The van der Waals surface area contributed by atoms with Crippen molar-refractivity contribution < 1.29 is 9.90 Å². The highest BCUT2D eigenvalue weighted by molar-refractivity contribution is 5.85. The first-order valence-electron chi connectivity index (χ1n) is 8.23. The molecule has 0 unspecified atom stereocenters. The second-order valence-electron chi connectivity index (χ2n) is 6.81. The van der Waals surface area contributed by atoms with E-state index >= 15 is 0 Å². The molecule has 0 aliphatic heterocycles. The third-order valence-corrected chi connectivity index (χ3v) is 4.53. The summed E-state index contributed by atoms with van der Waals surface area (Å²) >= 11 is 0. The Hall–Kier alpha value is -1.39. The highest BCUT2D eigenvalue weighted by Crippen LogP contribution is 2.23. The molecule has 1 amide bonds. The predicted octanol–water partition coefficient (Wildman–Crippen LogP) is 2.35. The van der Waals surface area contributed by atoms with E-state index < -0.39 is 5.54 Å². The zero-order valence-electron chi connectivity index (χ0n) is 13.7. The predicted molar refractivity (Wildman–Crippen MR) is 88.3 cm³/mol. The van der Waals surface area contributed by atoms with Crippen molar-refractivity contribution in [2.24, 2.45) is 5.92 Å². The van der Waals surface area contributed by atoms with Gasteiger partial charge in [-0.15, -0.1) is 0 Å². The van der Waals surface area contributed by atoms with E-state index in [2.05, 4.69) is 10.6 Å². The van der Waals surface area contributed by atoms with E-state index in [1.165, 1.54) is 25.7 Å². The molecule has 0 aromatic heterocycles. The van der Waals surface area contributed by atoms with Gasteiger partial charge in [-0.3, -0.25) is 10.1 Å². The number of carbonyl (C=O) groups excluding carboxylic acids is 1. The van der Waals surface area contributed by atoms with Crippen molar-refractivity contribution >= 4 is 5.91 Å². The van der Waals surface area contributed by atoms with Crippen LogP contribution in [-0.2, 0) is 17.9 Å². The quantitative estimate of drug-likeness (QED) is 0.724. The Morgan fingerprint density at radius 2 is 1.77 bits per heavy atom. The smallest absolute Gasteiger partial charge is 0.239 e. The van der Waals surface area contributed by atoms with Gasteiger partial charge in [-0.2, -0.15) is 0 Å². The van der Waals surface area contributed by atoms with Crippen LogP contribution in [-0.4, -0.2) is 23.1 Å². The van der Waals surface area contributed by atoms with Crippen LogP contribution in [0, 0.1) is 5.92 Å². The summed E-state index contributed by atoms with van der Waals surface area (Å²) in [5.41, 5.74) is 1.42. The topological polar surface area (TPSA) is 61.4 Å². The number of aliphatic hydroxyl groups is 1. The molecule has 4 heteroatoms. The minimum Gasteiger partial charge on any atom is -0.392 e. The summed E-state index contributed by atoms with van der Waals surface area (Å²) in [5, 5.41) is 15.4. The van der Waals surface area contributed by atoms with Gasteiger partial charge in [0.25, 0.3) is 0 Å². The molecule has 1 aliphatic carbocycles. The van der Waals surface area contributed by atoms with Crippen molar-refractivity contribution in [3.8, 4) is 0 Å². The largest absolute Gasteiger partial charge is 0.392 e. The Bertz CT molecular complexity index is 476. The number of hydrogen-bond donors (Lipinski definition) is 3. The normalized spacial score (nSPS) is 16.0. The van der Waals surface area contributed by atoms with Crippen LogP contribution < -0.4 is 10.6 Å². The molecule has 2 rings (SSSR count). The highest BCUT2D eigenvalue weighted by atomic mass is 16.3. The summed E-state index contributed by atoms with van der Waals surface area (Å²) in [6.07, 6.45) is 5.08. The highest BCUT2D eigenvalue weighted by Gasteiger charge is 2.27. The van der Waals surface area contributed by atoms with Crippen LogP contribution in [0.2, 0.25) is 0 Å². The third kappa shape index (κ3) is 4.82. The van der Waals surface area contributed by atoms with E-state index in [0.29, 0.717) is 12.5 Å². The number of rotatable bonds is 7.